The lowest BCUT2D eigenvalue weighted by molar-refractivity contribution is -0.120. The lowest BCUT2D eigenvalue weighted by Gasteiger charge is -2.39. The Morgan fingerprint density at radius 3 is 2.81 bits per heavy atom. The van der Waals surface area contributed by atoms with E-state index >= 15 is 0 Å². The Morgan fingerprint density at radius 1 is 1.22 bits per heavy atom. The molecular weight excluding hydrogens is 400 g/mol. The van der Waals surface area contributed by atoms with Gasteiger partial charge in [-0.2, -0.15) is 0 Å². The number of guanidine groups is 1. The minimum absolute atomic E-state index is 0.161. The van der Waals surface area contributed by atoms with E-state index in [0.717, 1.165) is 62.4 Å². The zero-order valence-electron chi connectivity index (χ0n) is 19.3. The average Bonchev–Trinajstić information content (AvgIpc) is 3.36. The Labute approximate surface area is 191 Å². The minimum Gasteiger partial charge on any atom is -0.352 e. The minimum atomic E-state index is 0.161. The van der Waals surface area contributed by atoms with Gasteiger partial charge in [0.15, 0.2) is 5.96 Å². The van der Waals surface area contributed by atoms with Crippen LogP contribution in [-0.4, -0.2) is 46.5 Å². The highest BCUT2D eigenvalue weighted by Gasteiger charge is 2.29. The number of anilines is 1. The molecule has 1 amide bonds. The highest BCUT2D eigenvalue weighted by Crippen LogP contribution is 2.28. The van der Waals surface area contributed by atoms with Gasteiger partial charge in [0.25, 0.3) is 0 Å². The first-order valence-electron chi connectivity index (χ1n) is 12.0. The first kappa shape index (κ1) is 22.4. The van der Waals surface area contributed by atoms with Crippen LogP contribution in [-0.2, 0) is 11.3 Å². The topological polar surface area (TPSA) is 74.6 Å². The Morgan fingerprint density at radius 2 is 2.06 bits per heavy atom. The smallest absolute Gasteiger partial charge is 0.227 e. The van der Waals surface area contributed by atoms with E-state index in [9.17, 15) is 4.79 Å². The second-order valence-electron chi connectivity index (χ2n) is 9.21. The third-order valence-corrected chi connectivity index (χ3v) is 6.96. The van der Waals surface area contributed by atoms with Gasteiger partial charge in [0.05, 0.1) is 12.4 Å². The van der Waals surface area contributed by atoms with Crippen LogP contribution in [0.5, 0.6) is 0 Å². The molecule has 1 aromatic heterocycles. The lowest BCUT2D eigenvalue weighted by atomic mass is 9.88. The lowest BCUT2D eigenvalue weighted by Crippen LogP contribution is -2.48. The molecule has 2 heterocycles. The number of rotatable bonds is 5. The summed E-state index contributed by atoms with van der Waals surface area (Å²) in [6.45, 7) is 4.88. The molecule has 1 aliphatic heterocycles. The monoisotopic (exact) mass is 436 g/mol. The van der Waals surface area contributed by atoms with Gasteiger partial charge in [-0.25, -0.2) is 4.98 Å². The number of hydrogen-bond acceptors (Lipinski definition) is 3. The van der Waals surface area contributed by atoms with E-state index in [0.29, 0.717) is 18.5 Å². The van der Waals surface area contributed by atoms with Crippen molar-refractivity contribution >= 4 is 17.6 Å². The number of imidazole rings is 1. The molecule has 7 heteroatoms. The van der Waals surface area contributed by atoms with Gasteiger partial charge in [-0.3, -0.25) is 9.79 Å². The summed E-state index contributed by atoms with van der Waals surface area (Å²) in [5.74, 6) is 1.84. The second-order valence-corrected chi connectivity index (χ2v) is 9.21. The molecule has 1 saturated carbocycles. The fourth-order valence-corrected chi connectivity index (χ4v) is 4.98. The van der Waals surface area contributed by atoms with Crippen LogP contribution in [0.4, 0.5) is 5.69 Å². The number of amides is 1. The van der Waals surface area contributed by atoms with E-state index in [2.05, 4.69) is 49.1 Å². The van der Waals surface area contributed by atoms with Gasteiger partial charge in [-0.15, -0.1) is 0 Å². The predicted octanol–water partition coefficient (Wildman–Crippen LogP) is 4.06. The molecular formula is C25H36N6O. The highest BCUT2D eigenvalue weighted by molar-refractivity contribution is 5.92. The third kappa shape index (κ3) is 5.50. The number of aromatic nitrogens is 2. The van der Waals surface area contributed by atoms with Crippen molar-refractivity contribution in [3.63, 3.8) is 0 Å². The van der Waals surface area contributed by atoms with Crippen LogP contribution in [0.25, 0.3) is 0 Å². The SMILES string of the molecule is CN=C(NCc1cccc(NC(=O)C2CCCCC2)c1)N1CCC(C)C(n2ccnc2)C1. The summed E-state index contributed by atoms with van der Waals surface area (Å²) in [6, 6.07) is 8.52. The van der Waals surface area contributed by atoms with E-state index in [-0.39, 0.29) is 11.8 Å². The van der Waals surface area contributed by atoms with Crippen LogP contribution >= 0.6 is 0 Å². The van der Waals surface area contributed by atoms with Crippen LogP contribution in [0.15, 0.2) is 48.0 Å². The molecule has 2 atom stereocenters. The summed E-state index contributed by atoms with van der Waals surface area (Å²) in [4.78, 5) is 23.7. The molecule has 1 saturated heterocycles. The number of carbonyl (C=O) groups excluding carboxylic acids is 1. The van der Waals surface area contributed by atoms with Gasteiger partial charge in [-0.1, -0.05) is 38.3 Å². The quantitative estimate of drug-likeness (QED) is 0.548. The Balaban J connectivity index is 1.34. The van der Waals surface area contributed by atoms with Gasteiger partial charge in [0, 0.05) is 50.7 Å². The fraction of sp³-hybridized carbons (Fsp3) is 0.560. The summed E-state index contributed by atoms with van der Waals surface area (Å²) >= 11 is 0. The van der Waals surface area contributed by atoms with E-state index in [1.165, 1.54) is 6.42 Å². The van der Waals surface area contributed by atoms with Gasteiger partial charge in [0.1, 0.15) is 0 Å². The molecule has 2 unspecified atom stereocenters. The molecule has 0 bridgehead atoms. The number of likely N-dealkylation sites (tertiary alicyclic amines) is 1. The van der Waals surface area contributed by atoms with Crippen molar-refractivity contribution in [2.24, 2.45) is 16.8 Å². The zero-order chi connectivity index (χ0) is 22.3. The van der Waals surface area contributed by atoms with E-state index in [1.807, 2.05) is 37.9 Å². The van der Waals surface area contributed by atoms with E-state index in [4.69, 9.17) is 0 Å². The second kappa shape index (κ2) is 10.7. The first-order chi connectivity index (χ1) is 15.6. The summed E-state index contributed by atoms with van der Waals surface area (Å²) in [6.07, 6.45) is 12.5. The van der Waals surface area contributed by atoms with Gasteiger partial charge in [-0.05, 0) is 42.9 Å². The van der Waals surface area contributed by atoms with Crippen molar-refractivity contribution in [3.05, 3.63) is 48.5 Å². The zero-order valence-corrected chi connectivity index (χ0v) is 19.3. The first-order valence-corrected chi connectivity index (χ1v) is 12.0. The standard InChI is InChI=1S/C25H36N6O/c1-19-11-13-30(17-23(19)31-14-12-27-18-31)25(26-2)28-16-20-7-6-10-22(15-20)29-24(32)21-8-4-3-5-9-21/h6-7,10,12,14-15,18-19,21,23H,3-5,8-9,11,13,16-17H2,1-2H3,(H,26,28)(H,29,32). The average molecular weight is 437 g/mol. The Kier molecular flexibility index (Phi) is 7.45. The normalized spacial score (nSPS) is 22.6. The number of carbonyl (C=O) groups is 1. The highest BCUT2D eigenvalue weighted by atomic mass is 16.1. The molecule has 0 spiro atoms. The van der Waals surface area contributed by atoms with Crippen molar-refractivity contribution < 1.29 is 4.79 Å². The Bertz CT molecular complexity index is 903. The van der Waals surface area contributed by atoms with Crippen LogP contribution < -0.4 is 10.6 Å². The van der Waals surface area contributed by atoms with Gasteiger partial charge >= 0.3 is 0 Å². The number of benzene rings is 1. The molecule has 2 aromatic rings. The molecule has 32 heavy (non-hydrogen) atoms. The molecule has 1 aromatic carbocycles. The van der Waals surface area contributed by atoms with Crippen LogP contribution in [0, 0.1) is 11.8 Å². The molecule has 172 valence electrons. The molecule has 2 N–H and O–H groups in total. The number of piperidine rings is 1. The number of aliphatic imine (C=N–C) groups is 1. The molecule has 0 radical (unpaired) electrons. The predicted molar refractivity (Wildman–Crippen MR) is 128 cm³/mol. The maximum Gasteiger partial charge on any atom is 0.227 e. The summed E-state index contributed by atoms with van der Waals surface area (Å²) in [5.41, 5.74) is 2.01. The maximum absolute atomic E-state index is 12.6. The van der Waals surface area contributed by atoms with Crippen molar-refractivity contribution in [3.8, 4) is 0 Å². The summed E-state index contributed by atoms with van der Waals surface area (Å²) in [5, 5.41) is 6.65. The molecule has 2 aliphatic rings. The van der Waals surface area contributed by atoms with Crippen LogP contribution in [0.2, 0.25) is 0 Å². The number of nitrogens with zero attached hydrogens (tertiary/aromatic N) is 4. The van der Waals surface area contributed by atoms with E-state index in [1.54, 1.807) is 0 Å². The van der Waals surface area contributed by atoms with Crippen LogP contribution in [0.3, 0.4) is 0 Å². The van der Waals surface area contributed by atoms with Crippen molar-refractivity contribution in [1.82, 2.24) is 19.8 Å². The van der Waals surface area contributed by atoms with E-state index < -0.39 is 0 Å². The van der Waals surface area contributed by atoms with Crippen molar-refractivity contribution in [2.75, 3.05) is 25.5 Å². The van der Waals surface area contributed by atoms with Gasteiger partial charge in [0.2, 0.25) is 5.91 Å². The van der Waals surface area contributed by atoms with Crippen molar-refractivity contribution in [1.29, 1.82) is 0 Å². The number of hydrogen-bond donors (Lipinski definition) is 2. The van der Waals surface area contributed by atoms with Crippen molar-refractivity contribution in [2.45, 2.75) is 58.0 Å². The van der Waals surface area contributed by atoms with Gasteiger partial charge < -0.3 is 20.1 Å². The maximum atomic E-state index is 12.6. The Hall–Kier alpha value is -2.83. The summed E-state index contributed by atoms with van der Waals surface area (Å²) in [7, 11) is 1.84. The third-order valence-electron chi connectivity index (χ3n) is 6.96. The molecule has 7 nitrogen and oxygen atoms in total. The van der Waals surface area contributed by atoms with Crippen LogP contribution in [0.1, 0.15) is 57.1 Å². The molecule has 2 fully saturated rings. The fourth-order valence-electron chi connectivity index (χ4n) is 4.98. The largest absolute Gasteiger partial charge is 0.352 e. The summed E-state index contributed by atoms with van der Waals surface area (Å²) < 4.78 is 2.21. The number of nitrogens with one attached hydrogen (secondary N) is 2. The molecule has 1 aliphatic carbocycles. The molecule has 4 rings (SSSR count).